The number of hydrogen-bond acceptors (Lipinski definition) is 1. The van der Waals surface area contributed by atoms with E-state index in [4.69, 9.17) is 4.74 Å². The molecule has 0 aliphatic heterocycles. The first-order chi connectivity index (χ1) is 8.31. The van der Waals surface area contributed by atoms with Crippen molar-refractivity contribution in [3.8, 4) is 5.75 Å². The number of methoxy groups -OCH3 is 1. The number of rotatable bonds is 3. The van der Waals surface area contributed by atoms with Gasteiger partial charge in [0.1, 0.15) is 5.75 Å². The van der Waals surface area contributed by atoms with E-state index in [0.29, 0.717) is 5.92 Å². The second-order valence-corrected chi connectivity index (χ2v) is 6.09. The Morgan fingerprint density at radius 3 is 2.17 bits per heavy atom. The van der Waals surface area contributed by atoms with Gasteiger partial charge in [-0.05, 0) is 35.4 Å². The molecule has 0 bridgehead atoms. The predicted molar refractivity (Wildman–Crippen MR) is 80.5 cm³/mol. The highest BCUT2D eigenvalue weighted by molar-refractivity contribution is 5.62. The van der Waals surface area contributed by atoms with Crippen molar-refractivity contribution in [1.82, 2.24) is 0 Å². The summed E-state index contributed by atoms with van der Waals surface area (Å²) in [5, 5.41) is 0. The molecule has 0 fully saturated rings. The summed E-state index contributed by atoms with van der Waals surface area (Å²) in [5.74, 6) is 1.47. The summed E-state index contributed by atoms with van der Waals surface area (Å²) < 4.78 is 5.61. The van der Waals surface area contributed by atoms with Crippen LogP contribution in [0.4, 0.5) is 0 Å². The summed E-state index contributed by atoms with van der Waals surface area (Å²) in [6, 6.07) is 4.53. The highest BCUT2D eigenvalue weighted by Crippen LogP contribution is 2.36. The molecule has 18 heavy (non-hydrogen) atoms. The quantitative estimate of drug-likeness (QED) is 0.716. The van der Waals surface area contributed by atoms with E-state index in [2.05, 4.69) is 58.9 Å². The fourth-order valence-electron chi connectivity index (χ4n) is 2.08. The molecule has 0 atom stereocenters. The SMILES string of the molecule is CC=Cc1cc(C(C)(C)C)cc(C(C)C)c1OC. The van der Waals surface area contributed by atoms with Crippen LogP contribution in [-0.2, 0) is 5.41 Å². The van der Waals surface area contributed by atoms with Gasteiger partial charge in [-0.15, -0.1) is 0 Å². The standard InChI is InChI=1S/C17H26O/c1-8-9-13-10-14(17(4,5)6)11-15(12(2)3)16(13)18-7/h8-12H,1-7H3. The van der Waals surface area contributed by atoms with Crippen molar-refractivity contribution in [3.63, 3.8) is 0 Å². The molecular weight excluding hydrogens is 220 g/mol. The highest BCUT2D eigenvalue weighted by Gasteiger charge is 2.19. The minimum atomic E-state index is 0.159. The summed E-state index contributed by atoms with van der Waals surface area (Å²) in [6.07, 6.45) is 4.19. The lowest BCUT2D eigenvalue weighted by Crippen LogP contribution is -2.13. The summed E-state index contributed by atoms with van der Waals surface area (Å²) >= 11 is 0. The van der Waals surface area contributed by atoms with Crippen molar-refractivity contribution in [2.45, 2.75) is 52.9 Å². The summed E-state index contributed by atoms with van der Waals surface area (Å²) in [7, 11) is 1.75. The molecule has 1 aromatic rings. The smallest absolute Gasteiger partial charge is 0.129 e. The molecule has 0 saturated heterocycles. The van der Waals surface area contributed by atoms with Crippen LogP contribution in [0.3, 0.4) is 0 Å². The van der Waals surface area contributed by atoms with Gasteiger partial charge in [-0.25, -0.2) is 0 Å². The predicted octanol–water partition coefficient (Wildman–Crippen LogP) is 5.15. The van der Waals surface area contributed by atoms with Gasteiger partial charge in [0.2, 0.25) is 0 Å². The average Bonchev–Trinajstić information content (AvgIpc) is 2.27. The van der Waals surface area contributed by atoms with Crippen LogP contribution in [0.25, 0.3) is 6.08 Å². The zero-order valence-electron chi connectivity index (χ0n) is 12.8. The van der Waals surface area contributed by atoms with Crippen molar-refractivity contribution in [1.29, 1.82) is 0 Å². The molecule has 0 spiro atoms. The van der Waals surface area contributed by atoms with Crippen LogP contribution in [0.2, 0.25) is 0 Å². The molecule has 100 valence electrons. The molecule has 0 radical (unpaired) electrons. The Bertz CT molecular complexity index is 434. The molecule has 1 heteroatoms. The number of hydrogen-bond donors (Lipinski definition) is 0. The molecule has 0 aliphatic carbocycles. The fourth-order valence-corrected chi connectivity index (χ4v) is 2.08. The van der Waals surface area contributed by atoms with Crippen LogP contribution < -0.4 is 4.74 Å². The Labute approximate surface area is 112 Å². The van der Waals surface area contributed by atoms with E-state index in [9.17, 15) is 0 Å². The van der Waals surface area contributed by atoms with Crippen molar-refractivity contribution in [3.05, 3.63) is 34.9 Å². The van der Waals surface area contributed by atoms with Crippen molar-refractivity contribution >= 4 is 6.08 Å². The maximum absolute atomic E-state index is 5.61. The Kier molecular flexibility index (Phi) is 4.61. The Morgan fingerprint density at radius 1 is 1.17 bits per heavy atom. The van der Waals surface area contributed by atoms with Gasteiger partial charge in [-0.3, -0.25) is 0 Å². The third-order valence-corrected chi connectivity index (χ3v) is 3.18. The zero-order chi connectivity index (χ0) is 13.9. The van der Waals surface area contributed by atoms with E-state index in [1.54, 1.807) is 7.11 Å². The first kappa shape index (κ1) is 14.8. The first-order valence-electron chi connectivity index (χ1n) is 6.66. The van der Waals surface area contributed by atoms with Crippen molar-refractivity contribution < 1.29 is 4.74 Å². The molecule has 0 saturated carbocycles. The molecule has 1 aromatic carbocycles. The van der Waals surface area contributed by atoms with Crippen LogP contribution in [0.1, 0.15) is 64.2 Å². The van der Waals surface area contributed by atoms with Crippen LogP contribution in [0, 0.1) is 0 Å². The lowest BCUT2D eigenvalue weighted by atomic mass is 9.83. The summed E-state index contributed by atoms with van der Waals surface area (Å²) in [5.41, 5.74) is 3.99. The minimum Gasteiger partial charge on any atom is -0.496 e. The maximum atomic E-state index is 5.61. The van der Waals surface area contributed by atoms with E-state index in [1.165, 1.54) is 16.7 Å². The lowest BCUT2D eigenvalue weighted by molar-refractivity contribution is 0.405. The van der Waals surface area contributed by atoms with Gasteiger partial charge in [-0.1, -0.05) is 52.8 Å². The maximum Gasteiger partial charge on any atom is 0.129 e. The third kappa shape index (κ3) is 3.16. The Balaban J connectivity index is 3.54. The van der Waals surface area contributed by atoms with E-state index >= 15 is 0 Å². The molecular formula is C17H26O. The van der Waals surface area contributed by atoms with E-state index in [-0.39, 0.29) is 5.41 Å². The van der Waals surface area contributed by atoms with E-state index in [0.717, 1.165) is 5.75 Å². The second kappa shape index (κ2) is 5.60. The topological polar surface area (TPSA) is 9.23 Å². The molecule has 0 aliphatic rings. The normalized spacial score (nSPS) is 12.4. The monoisotopic (exact) mass is 246 g/mol. The Hall–Kier alpha value is -1.24. The van der Waals surface area contributed by atoms with Crippen molar-refractivity contribution in [2.24, 2.45) is 0 Å². The number of allylic oxidation sites excluding steroid dienone is 1. The summed E-state index contributed by atoms with van der Waals surface area (Å²) in [6.45, 7) is 13.2. The van der Waals surface area contributed by atoms with E-state index < -0.39 is 0 Å². The molecule has 0 N–H and O–H groups in total. The number of ether oxygens (including phenoxy) is 1. The highest BCUT2D eigenvalue weighted by atomic mass is 16.5. The van der Waals surface area contributed by atoms with Crippen LogP contribution in [0.15, 0.2) is 18.2 Å². The van der Waals surface area contributed by atoms with Gasteiger partial charge >= 0.3 is 0 Å². The molecule has 0 unspecified atom stereocenters. The summed E-state index contributed by atoms with van der Waals surface area (Å²) in [4.78, 5) is 0. The average molecular weight is 246 g/mol. The van der Waals surface area contributed by atoms with Gasteiger partial charge in [-0.2, -0.15) is 0 Å². The number of benzene rings is 1. The van der Waals surface area contributed by atoms with Gasteiger partial charge in [0.05, 0.1) is 7.11 Å². The van der Waals surface area contributed by atoms with Crippen molar-refractivity contribution in [2.75, 3.05) is 7.11 Å². The zero-order valence-corrected chi connectivity index (χ0v) is 12.8. The minimum absolute atomic E-state index is 0.159. The largest absolute Gasteiger partial charge is 0.496 e. The first-order valence-corrected chi connectivity index (χ1v) is 6.66. The van der Waals surface area contributed by atoms with Gasteiger partial charge in [0, 0.05) is 5.56 Å². The molecule has 0 aromatic heterocycles. The molecule has 1 rings (SSSR count). The van der Waals surface area contributed by atoms with Gasteiger partial charge in [0.15, 0.2) is 0 Å². The molecule has 1 nitrogen and oxygen atoms in total. The third-order valence-electron chi connectivity index (χ3n) is 3.18. The van der Waals surface area contributed by atoms with E-state index in [1.807, 2.05) is 6.92 Å². The van der Waals surface area contributed by atoms with Crippen LogP contribution in [-0.4, -0.2) is 7.11 Å². The van der Waals surface area contributed by atoms with Crippen LogP contribution >= 0.6 is 0 Å². The molecule has 0 heterocycles. The Morgan fingerprint density at radius 2 is 1.78 bits per heavy atom. The molecule has 0 amide bonds. The van der Waals surface area contributed by atoms with Gasteiger partial charge < -0.3 is 4.74 Å². The van der Waals surface area contributed by atoms with Crippen LogP contribution in [0.5, 0.6) is 5.75 Å². The van der Waals surface area contributed by atoms with Gasteiger partial charge in [0.25, 0.3) is 0 Å². The fraction of sp³-hybridized carbons (Fsp3) is 0.529. The lowest BCUT2D eigenvalue weighted by Gasteiger charge is -2.24. The second-order valence-electron chi connectivity index (χ2n) is 6.09.